The van der Waals surface area contributed by atoms with Gasteiger partial charge in [0.25, 0.3) is 0 Å². The molecule has 0 saturated heterocycles. The van der Waals surface area contributed by atoms with E-state index in [1.807, 2.05) is 30.3 Å². The molecule has 1 aliphatic heterocycles. The second-order valence-corrected chi connectivity index (χ2v) is 4.00. The van der Waals surface area contributed by atoms with E-state index in [1.165, 1.54) is 11.1 Å². The Morgan fingerprint density at radius 2 is 1.50 bits per heavy atom. The van der Waals surface area contributed by atoms with Crippen molar-refractivity contribution in [2.75, 3.05) is 0 Å². The number of rotatable bonds is 1. The molecule has 0 fully saturated rings. The van der Waals surface area contributed by atoms with E-state index in [0.29, 0.717) is 0 Å². The van der Waals surface area contributed by atoms with Crippen molar-refractivity contribution in [1.82, 2.24) is 0 Å². The van der Waals surface area contributed by atoms with E-state index < -0.39 is 0 Å². The number of hydrogen-bond acceptors (Lipinski definition) is 1. The van der Waals surface area contributed by atoms with Crippen molar-refractivity contribution in [2.24, 2.45) is 0 Å². The zero-order valence-electron chi connectivity index (χ0n) is 9.02. The standard InChI is InChI=1S/C15H13O/c1-2-6-12(7-3-1)15-11-10-13-8-4-5-9-14(13)16-15/h1-9H,10-11H2. The number of hydrogen-bond donors (Lipinski definition) is 0. The van der Waals surface area contributed by atoms with E-state index in [1.54, 1.807) is 0 Å². The third-order valence-electron chi connectivity index (χ3n) is 2.92. The molecule has 0 saturated carbocycles. The summed E-state index contributed by atoms with van der Waals surface area (Å²) in [7, 11) is 0. The molecule has 0 bridgehead atoms. The fourth-order valence-corrected chi connectivity index (χ4v) is 2.07. The average Bonchev–Trinajstić information content (AvgIpc) is 2.39. The van der Waals surface area contributed by atoms with Crippen molar-refractivity contribution < 1.29 is 4.74 Å². The lowest BCUT2D eigenvalue weighted by Gasteiger charge is -2.24. The van der Waals surface area contributed by atoms with Gasteiger partial charge in [-0.15, -0.1) is 0 Å². The molecule has 1 nitrogen and oxygen atoms in total. The second-order valence-electron chi connectivity index (χ2n) is 4.00. The minimum atomic E-state index is 0.987. The Kier molecular flexibility index (Phi) is 2.37. The summed E-state index contributed by atoms with van der Waals surface area (Å²) >= 11 is 0. The molecule has 79 valence electrons. The summed E-state index contributed by atoms with van der Waals surface area (Å²) < 4.78 is 5.93. The maximum Gasteiger partial charge on any atom is 0.178 e. The molecule has 0 unspecified atom stereocenters. The largest absolute Gasteiger partial charge is 0.478 e. The predicted octanol–water partition coefficient (Wildman–Crippen LogP) is 3.59. The van der Waals surface area contributed by atoms with E-state index >= 15 is 0 Å². The molecular formula is C15H13O. The molecule has 3 rings (SSSR count). The van der Waals surface area contributed by atoms with Crippen molar-refractivity contribution in [3.63, 3.8) is 0 Å². The first-order chi connectivity index (χ1) is 7.93. The zero-order chi connectivity index (χ0) is 10.8. The molecule has 2 aromatic rings. The first-order valence-electron chi connectivity index (χ1n) is 5.60. The van der Waals surface area contributed by atoms with Crippen LogP contribution < -0.4 is 4.74 Å². The predicted molar refractivity (Wildman–Crippen MR) is 64.2 cm³/mol. The third kappa shape index (κ3) is 1.69. The van der Waals surface area contributed by atoms with Gasteiger partial charge in [0.15, 0.2) is 6.10 Å². The number of para-hydroxylation sites is 1. The van der Waals surface area contributed by atoms with Crippen molar-refractivity contribution in [3.05, 3.63) is 71.8 Å². The molecule has 16 heavy (non-hydrogen) atoms. The lowest BCUT2D eigenvalue weighted by molar-refractivity contribution is 0.310. The minimum absolute atomic E-state index is 0.987. The van der Waals surface area contributed by atoms with Crippen LogP contribution in [0.25, 0.3) is 0 Å². The monoisotopic (exact) mass is 209 g/mol. The van der Waals surface area contributed by atoms with Gasteiger partial charge in [-0.2, -0.15) is 0 Å². The van der Waals surface area contributed by atoms with Crippen LogP contribution in [-0.2, 0) is 6.42 Å². The summed E-state index contributed by atoms with van der Waals surface area (Å²) in [5.74, 6) is 1.01. The fraction of sp³-hybridized carbons (Fsp3) is 0.133. The van der Waals surface area contributed by atoms with E-state index in [-0.39, 0.29) is 0 Å². The van der Waals surface area contributed by atoms with Gasteiger partial charge in [0.2, 0.25) is 0 Å². The first kappa shape index (κ1) is 9.46. The number of fused-ring (bicyclic) bond motifs is 1. The number of aryl methyl sites for hydroxylation is 1. The van der Waals surface area contributed by atoms with Crippen molar-refractivity contribution in [1.29, 1.82) is 0 Å². The molecule has 0 aliphatic carbocycles. The fourth-order valence-electron chi connectivity index (χ4n) is 2.07. The maximum absolute atomic E-state index is 5.93. The lowest BCUT2D eigenvalue weighted by atomic mass is 9.98. The van der Waals surface area contributed by atoms with Crippen molar-refractivity contribution in [3.8, 4) is 5.75 Å². The molecule has 0 N–H and O–H groups in total. The molecular weight excluding hydrogens is 196 g/mol. The number of ether oxygens (including phenoxy) is 1. The summed E-state index contributed by atoms with van der Waals surface area (Å²) in [4.78, 5) is 0. The van der Waals surface area contributed by atoms with Gasteiger partial charge in [-0.25, -0.2) is 0 Å². The van der Waals surface area contributed by atoms with Crippen LogP contribution in [0.1, 0.15) is 17.5 Å². The normalized spacial score (nSPS) is 15.2. The van der Waals surface area contributed by atoms with Gasteiger partial charge in [-0.1, -0.05) is 48.5 Å². The highest BCUT2D eigenvalue weighted by atomic mass is 16.5. The molecule has 2 aromatic carbocycles. The van der Waals surface area contributed by atoms with Crippen LogP contribution >= 0.6 is 0 Å². The van der Waals surface area contributed by atoms with Gasteiger partial charge in [0.1, 0.15) is 5.75 Å². The van der Waals surface area contributed by atoms with Gasteiger partial charge in [-0.05, 0) is 30.0 Å². The highest BCUT2D eigenvalue weighted by molar-refractivity contribution is 5.40. The van der Waals surface area contributed by atoms with Gasteiger partial charge in [-0.3, -0.25) is 0 Å². The van der Waals surface area contributed by atoms with Crippen molar-refractivity contribution in [2.45, 2.75) is 12.8 Å². The lowest BCUT2D eigenvalue weighted by Crippen LogP contribution is -2.15. The minimum Gasteiger partial charge on any atom is -0.478 e. The zero-order valence-corrected chi connectivity index (χ0v) is 9.02. The Labute approximate surface area is 95.7 Å². The van der Waals surface area contributed by atoms with Crippen LogP contribution in [0.2, 0.25) is 0 Å². The van der Waals surface area contributed by atoms with Crippen LogP contribution in [0.15, 0.2) is 54.6 Å². The summed E-state index contributed by atoms with van der Waals surface area (Å²) in [5, 5.41) is 0. The summed E-state index contributed by atoms with van der Waals surface area (Å²) in [5.41, 5.74) is 2.50. The Balaban J connectivity index is 1.89. The van der Waals surface area contributed by atoms with Gasteiger partial charge >= 0.3 is 0 Å². The third-order valence-corrected chi connectivity index (χ3v) is 2.92. The summed E-state index contributed by atoms with van der Waals surface area (Å²) in [6.07, 6.45) is 3.14. The van der Waals surface area contributed by atoms with Crippen LogP contribution in [0.3, 0.4) is 0 Å². The highest BCUT2D eigenvalue weighted by Gasteiger charge is 2.21. The molecule has 0 atom stereocenters. The van der Waals surface area contributed by atoms with Gasteiger partial charge in [0.05, 0.1) is 0 Å². The molecule has 1 radical (unpaired) electrons. The van der Waals surface area contributed by atoms with Crippen molar-refractivity contribution >= 4 is 0 Å². The molecule has 0 amide bonds. The van der Waals surface area contributed by atoms with Crippen LogP contribution in [0.5, 0.6) is 5.75 Å². The molecule has 0 spiro atoms. The van der Waals surface area contributed by atoms with Crippen LogP contribution in [-0.4, -0.2) is 0 Å². The molecule has 1 heteroatoms. The van der Waals surface area contributed by atoms with E-state index in [2.05, 4.69) is 24.3 Å². The van der Waals surface area contributed by atoms with Crippen LogP contribution in [0, 0.1) is 6.10 Å². The average molecular weight is 209 g/mol. The topological polar surface area (TPSA) is 9.23 Å². The maximum atomic E-state index is 5.93. The SMILES string of the molecule is c1ccc([C]2CCc3ccccc3O2)cc1. The van der Waals surface area contributed by atoms with E-state index in [9.17, 15) is 0 Å². The molecule has 1 heterocycles. The van der Waals surface area contributed by atoms with E-state index in [4.69, 9.17) is 4.74 Å². The Morgan fingerprint density at radius 1 is 0.750 bits per heavy atom. The smallest absolute Gasteiger partial charge is 0.178 e. The highest BCUT2D eigenvalue weighted by Crippen LogP contribution is 2.33. The second kappa shape index (κ2) is 4.01. The van der Waals surface area contributed by atoms with Crippen LogP contribution in [0.4, 0.5) is 0 Å². The Bertz CT molecular complexity index is 476. The summed E-state index contributed by atoms with van der Waals surface area (Å²) in [6.45, 7) is 0. The summed E-state index contributed by atoms with van der Waals surface area (Å²) in [6, 6.07) is 18.6. The van der Waals surface area contributed by atoms with E-state index in [0.717, 1.165) is 24.7 Å². The molecule has 1 aliphatic rings. The van der Waals surface area contributed by atoms with Gasteiger partial charge < -0.3 is 4.74 Å². The molecule has 0 aromatic heterocycles. The quantitative estimate of drug-likeness (QED) is 0.697. The van der Waals surface area contributed by atoms with Gasteiger partial charge in [0, 0.05) is 0 Å². The Morgan fingerprint density at radius 3 is 2.38 bits per heavy atom. The number of benzene rings is 2. The first-order valence-corrected chi connectivity index (χ1v) is 5.60. The Hall–Kier alpha value is -1.76.